The molecule has 1 unspecified atom stereocenters. The molecule has 0 aromatic carbocycles. The zero-order valence-electron chi connectivity index (χ0n) is 22.1. The molecule has 5 nitrogen and oxygen atoms in total. The first-order valence-electron chi connectivity index (χ1n) is 13.0. The van der Waals surface area contributed by atoms with E-state index in [0.29, 0.717) is 0 Å². The second-order valence-electron chi connectivity index (χ2n) is 10.3. The van der Waals surface area contributed by atoms with Gasteiger partial charge in [-0.1, -0.05) is 114 Å². The summed E-state index contributed by atoms with van der Waals surface area (Å²) in [6.45, 7) is 2.24. The van der Waals surface area contributed by atoms with Gasteiger partial charge in [-0.25, -0.2) is 0 Å². The zero-order valence-corrected chi connectivity index (χ0v) is 22.1. The third-order valence-electron chi connectivity index (χ3n) is 5.54. The maximum Gasteiger partial charge on any atom is 0.193 e. The number of hydrogen-bond donors (Lipinski definition) is 1. The van der Waals surface area contributed by atoms with Gasteiger partial charge in [0.15, 0.2) is 11.4 Å². The molecule has 194 valence electrons. The van der Waals surface area contributed by atoms with Gasteiger partial charge in [-0.3, -0.25) is 4.79 Å². The topological polar surface area (TPSA) is 77.4 Å². The summed E-state index contributed by atoms with van der Waals surface area (Å²) in [5, 5.41) is 21.5. The van der Waals surface area contributed by atoms with Crippen molar-refractivity contribution in [3.8, 4) is 0 Å². The number of hydrogen-bond acceptors (Lipinski definition) is 4. The Labute approximate surface area is 208 Å². The number of rotatable bonds is 21. The third kappa shape index (κ3) is 19.5. The molecule has 0 amide bonds. The number of carbonyl (C=O) groups is 2. The minimum absolute atomic E-state index is 0.0162. The van der Waals surface area contributed by atoms with Crippen LogP contribution in [0, 0.1) is 0 Å². The molecule has 0 spiro atoms. The summed E-state index contributed by atoms with van der Waals surface area (Å²) in [6.07, 6.45) is 29.4. The van der Waals surface area contributed by atoms with E-state index in [9.17, 15) is 19.8 Å². The third-order valence-corrected chi connectivity index (χ3v) is 5.54. The largest absolute Gasteiger partial charge is 0.550 e. The fourth-order valence-corrected chi connectivity index (χ4v) is 3.90. The Hall–Kier alpha value is -1.98. The average Bonchev–Trinajstić information content (AvgIpc) is 2.73. The molecule has 0 heterocycles. The monoisotopic (exact) mass is 475 g/mol. The van der Waals surface area contributed by atoms with Gasteiger partial charge in [-0.2, -0.15) is 0 Å². The predicted molar refractivity (Wildman–Crippen MR) is 140 cm³/mol. The summed E-state index contributed by atoms with van der Waals surface area (Å²) in [4.78, 5) is 23.3. The predicted octanol–water partition coefficient (Wildman–Crippen LogP) is 5.06. The molecule has 0 aliphatic heterocycles. The summed E-state index contributed by atoms with van der Waals surface area (Å²) in [5.41, 5.74) is -1.98. The maximum absolute atomic E-state index is 12.4. The van der Waals surface area contributed by atoms with Gasteiger partial charge in [0.25, 0.3) is 0 Å². The molecule has 0 aliphatic carbocycles. The second-order valence-corrected chi connectivity index (χ2v) is 10.3. The Morgan fingerprint density at radius 3 is 1.74 bits per heavy atom. The van der Waals surface area contributed by atoms with Crippen molar-refractivity contribution in [3.63, 3.8) is 0 Å². The first-order chi connectivity index (χ1) is 16.1. The van der Waals surface area contributed by atoms with Gasteiger partial charge in [0.2, 0.25) is 0 Å². The van der Waals surface area contributed by atoms with Crippen LogP contribution in [0.25, 0.3) is 0 Å². The lowest BCUT2D eigenvalue weighted by Crippen LogP contribution is -2.55. The number of aliphatic carboxylic acids is 1. The number of carboxylic acids is 1. The van der Waals surface area contributed by atoms with Crippen molar-refractivity contribution in [2.75, 3.05) is 27.7 Å². The van der Waals surface area contributed by atoms with Crippen molar-refractivity contribution in [2.24, 2.45) is 0 Å². The first-order valence-corrected chi connectivity index (χ1v) is 13.0. The van der Waals surface area contributed by atoms with Crippen LogP contribution >= 0.6 is 0 Å². The van der Waals surface area contributed by atoms with E-state index in [1.54, 1.807) is 33.3 Å². The van der Waals surface area contributed by atoms with E-state index in [4.69, 9.17) is 0 Å². The van der Waals surface area contributed by atoms with Crippen LogP contribution in [-0.4, -0.2) is 54.6 Å². The highest BCUT2D eigenvalue weighted by atomic mass is 16.4. The molecule has 0 rings (SSSR count). The number of unbranched alkanes of at least 4 members (excludes halogenated alkanes) is 11. The van der Waals surface area contributed by atoms with Crippen LogP contribution in [0.1, 0.15) is 90.4 Å². The molecular weight excluding hydrogens is 426 g/mol. The fourth-order valence-electron chi connectivity index (χ4n) is 3.90. The standard InChI is InChI=1S/C29H49NO4/c1-5-6-7-8-9-10-11-12-13-14-15-16-17-18-19-20-21-22-23-24-27(31)29(34,25-28(32)33)26-30(2,3)4/h17-24,34H,5-16,25-26H2,1-4H3. The highest BCUT2D eigenvalue weighted by molar-refractivity contribution is 5.99. The summed E-state index contributed by atoms with van der Waals surface area (Å²) < 4.78 is 0.257. The molecule has 0 aromatic rings. The van der Waals surface area contributed by atoms with Crippen LogP contribution in [0.5, 0.6) is 0 Å². The van der Waals surface area contributed by atoms with Crippen LogP contribution < -0.4 is 5.11 Å². The van der Waals surface area contributed by atoms with Crippen molar-refractivity contribution < 1.29 is 24.3 Å². The molecule has 0 saturated carbocycles. The van der Waals surface area contributed by atoms with E-state index in [1.807, 2.05) is 18.2 Å². The molecule has 0 bridgehead atoms. The minimum atomic E-state index is -1.98. The van der Waals surface area contributed by atoms with Crippen molar-refractivity contribution in [1.29, 1.82) is 0 Å². The van der Waals surface area contributed by atoms with E-state index in [0.717, 1.165) is 6.42 Å². The lowest BCUT2D eigenvalue weighted by atomic mass is 9.92. The van der Waals surface area contributed by atoms with Crippen LogP contribution in [0.4, 0.5) is 0 Å². The van der Waals surface area contributed by atoms with Gasteiger partial charge in [-0.15, -0.1) is 0 Å². The summed E-state index contributed by atoms with van der Waals surface area (Å²) in [7, 11) is 5.35. The molecule has 34 heavy (non-hydrogen) atoms. The van der Waals surface area contributed by atoms with E-state index in [-0.39, 0.29) is 11.0 Å². The number of carbonyl (C=O) groups excluding carboxylic acids is 2. The second kappa shape index (κ2) is 19.3. The summed E-state index contributed by atoms with van der Waals surface area (Å²) in [6, 6.07) is 0. The van der Waals surface area contributed by atoms with Gasteiger partial charge < -0.3 is 19.5 Å². The smallest absolute Gasteiger partial charge is 0.193 e. The number of likely N-dealkylation sites (N-methyl/N-ethyl adjacent to an activating group) is 1. The number of carboxylic acid groups (broad SMARTS) is 1. The normalized spacial score (nSPS) is 14.6. The van der Waals surface area contributed by atoms with E-state index >= 15 is 0 Å². The van der Waals surface area contributed by atoms with Gasteiger partial charge in [0, 0.05) is 12.4 Å². The summed E-state index contributed by atoms with van der Waals surface area (Å²) in [5.74, 6) is -2.08. The van der Waals surface area contributed by atoms with Crippen LogP contribution in [-0.2, 0) is 9.59 Å². The molecule has 0 aromatic heterocycles. The molecule has 0 aliphatic rings. The van der Waals surface area contributed by atoms with Gasteiger partial charge >= 0.3 is 0 Å². The van der Waals surface area contributed by atoms with Crippen LogP contribution in [0.15, 0.2) is 48.6 Å². The minimum Gasteiger partial charge on any atom is -0.550 e. The molecule has 0 saturated heterocycles. The first kappa shape index (κ1) is 32.0. The Kier molecular flexibility index (Phi) is 18.2. The zero-order chi connectivity index (χ0) is 25.7. The molecular formula is C29H49NO4. The highest BCUT2D eigenvalue weighted by Crippen LogP contribution is 2.16. The molecule has 0 fully saturated rings. The Balaban J connectivity index is 4.05. The highest BCUT2D eigenvalue weighted by Gasteiger charge is 2.39. The quantitative estimate of drug-likeness (QED) is 0.109. The number of ketones is 1. The fraction of sp³-hybridized carbons (Fsp3) is 0.655. The molecule has 1 N–H and O–H groups in total. The van der Waals surface area contributed by atoms with Crippen LogP contribution in [0.3, 0.4) is 0 Å². The van der Waals surface area contributed by atoms with Gasteiger partial charge in [-0.05, 0) is 18.9 Å². The van der Waals surface area contributed by atoms with Crippen LogP contribution in [0.2, 0.25) is 0 Å². The van der Waals surface area contributed by atoms with E-state index in [2.05, 4.69) is 13.0 Å². The van der Waals surface area contributed by atoms with Crippen molar-refractivity contribution in [3.05, 3.63) is 48.6 Å². The number of aliphatic hydroxyl groups is 1. The average molecular weight is 476 g/mol. The van der Waals surface area contributed by atoms with E-state index in [1.165, 1.54) is 82.8 Å². The maximum atomic E-state index is 12.4. The lowest BCUT2D eigenvalue weighted by Gasteiger charge is -2.34. The molecule has 0 radical (unpaired) electrons. The van der Waals surface area contributed by atoms with Crippen molar-refractivity contribution >= 4 is 11.8 Å². The number of allylic oxidation sites excluding steroid dienone is 7. The molecule has 1 atom stereocenters. The lowest BCUT2D eigenvalue weighted by molar-refractivity contribution is -0.875. The van der Waals surface area contributed by atoms with E-state index < -0.39 is 23.8 Å². The Morgan fingerprint density at radius 2 is 1.24 bits per heavy atom. The van der Waals surface area contributed by atoms with Gasteiger partial charge in [0.05, 0.1) is 21.1 Å². The summed E-state index contributed by atoms with van der Waals surface area (Å²) >= 11 is 0. The molecule has 5 heteroatoms. The number of nitrogens with zero attached hydrogens (tertiary/aromatic N) is 1. The number of quaternary nitrogens is 1. The van der Waals surface area contributed by atoms with Crippen molar-refractivity contribution in [1.82, 2.24) is 0 Å². The Bertz CT molecular complexity index is 670. The Morgan fingerprint density at radius 1 is 0.765 bits per heavy atom. The van der Waals surface area contributed by atoms with Gasteiger partial charge in [0.1, 0.15) is 6.54 Å². The van der Waals surface area contributed by atoms with Crippen molar-refractivity contribution in [2.45, 2.75) is 96.0 Å². The SMILES string of the molecule is CCCCCCCCCCCCCC=CC=CC=CC=CC(=O)C(O)(CC(=O)[O-])C[N+](C)(C)C.